The predicted octanol–water partition coefficient (Wildman–Crippen LogP) is 4.83. The summed E-state index contributed by atoms with van der Waals surface area (Å²) < 4.78 is 31.0. The van der Waals surface area contributed by atoms with E-state index >= 15 is 0 Å². The van der Waals surface area contributed by atoms with Crippen LogP contribution in [-0.4, -0.2) is 40.9 Å². The van der Waals surface area contributed by atoms with Gasteiger partial charge >= 0.3 is 0 Å². The highest BCUT2D eigenvalue weighted by Crippen LogP contribution is 2.22. The lowest BCUT2D eigenvalue weighted by molar-refractivity contribution is 0.170. The van der Waals surface area contributed by atoms with Gasteiger partial charge in [-0.25, -0.2) is 0 Å². The van der Waals surface area contributed by atoms with Crippen molar-refractivity contribution in [2.45, 2.75) is 36.8 Å². The van der Waals surface area contributed by atoms with Crippen molar-refractivity contribution < 1.29 is 28.3 Å². The van der Waals surface area contributed by atoms with Crippen molar-refractivity contribution in [1.82, 2.24) is 5.32 Å². The molecule has 0 fully saturated rings. The Bertz CT molecular complexity index is 1350. The molecule has 2 atom stereocenters. The molecule has 7 nitrogen and oxygen atoms in total. The minimum atomic E-state index is -4.13. The van der Waals surface area contributed by atoms with Crippen LogP contribution in [0.4, 0.5) is 0 Å². The van der Waals surface area contributed by atoms with Crippen molar-refractivity contribution in [1.29, 1.82) is 0 Å². The maximum absolute atomic E-state index is 11.0. The Hall–Kier alpha value is -3.43. The largest absolute Gasteiger partial charge is 0.508 e. The minimum absolute atomic E-state index is 0.0457. The van der Waals surface area contributed by atoms with E-state index < -0.39 is 16.2 Å². The molecule has 190 valence electrons. The summed E-state index contributed by atoms with van der Waals surface area (Å²) in [6, 6.07) is 25.9. The number of aliphatic hydroxyl groups excluding tert-OH is 1. The van der Waals surface area contributed by atoms with Gasteiger partial charge in [0.05, 0.1) is 6.10 Å². The standard InChI is InChI=1S/C18H23NO3.C10H8O3S/c1-13(2-3-14-4-8-16(20)9-5-14)19-12-18(22)15-6-10-17(21)11-7-15;11-14(12,13)10-7-3-5-8-4-1-2-6-9(8)10/h4-11,13,18-22H,2-3,12H2,1H3;1-7H,(H,11,12,13)/t13-,18+;/m1./s1. The SMILES string of the molecule is C[C@H](CCc1ccc(O)cc1)NC[C@H](O)c1ccc(O)cc1.O=S(=O)(O)c1cccc2ccccc12. The van der Waals surface area contributed by atoms with Gasteiger partial charge in [0.25, 0.3) is 10.1 Å². The number of aromatic hydroxyl groups is 2. The van der Waals surface area contributed by atoms with Gasteiger partial charge in [-0.05, 0) is 66.6 Å². The molecule has 0 aliphatic heterocycles. The molecule has 0 aliphatic rings. The molecule has 0 saturated carbocycles. The molecule has 4 aromatic rings. The Morgan fingerprint density at radius 3 is 2.03 bits per heavy atom. The van der Waals surface area contributed by atoms with E-state index in [1.54, 1.807) is 66.7 Å². The van der Waals surface area contributed by atoms with Crippen LogP contribution in [0.1, 0.15) is 30.6 Å². The van der Waals surface area contributed by atoms with E-state index in [0.717, 1.165) is 23.8 Å². The second-order valence-corrected chi connectivity index (χ2v) is 9.96. The summed E-state index contributed by atoms with van der Waals surface area (Å²) in [6.45, 7) is 2.56. The van der Waals surface area contributed by atoms with Crippen LogP contribution >= 0.6 is 0 Å². The number of rotatable bonds is 8. The van der Waals surface area contributed by atoms with E-state index in [4.69, 9.17) is 4.55 Å². The van der Waals surface area contributed by atoms with Crippen LogP contribution in [0.15, 0.2) is 95.9 Å². The molecular formula is C28H31NO6S. The van der Waals surface area contributed by atoms with Gasteiger partial charge in [-0.3, -0.25) is 4.55 Å². The number of aryl methyl sites for hydroxylation is 1. The van der Waals surface area contributed by atoms with Crippen molar-refractivity contribution in [3.63, 3.8) is 0 Å². The van der Waals surface area contributed by atoms with Crippen LogP contribution in [0.2, 0.25) is 0 Å². The summed E-state index contributed by atoms with van der Waals surface area (Å²) in [4.78, 5) is -0.0457. The fourth-order valence-corrected chi connectivity index (χ4v) is 4.41. The van der Waals surface area contributed by atoms with Gasteiger partial charge in [0, 0.05) is 18.0 Å². The molecule has 4 aromatic carbocycles. The number of nitrogens with one attached hydrogen (secondary N) is 1. The fourth-order valence-electron chi connectivity index (χ4n) is 3.70. The lowest BCUT2D eigenvalue weighted by atomic mass is 10.1. The molecule has 0 aromatic heterocycles. The first kappa shape index (κ1) is 27.2. The number of aliphatic hydroxyl groups is 1. The van der Waals surface area contributed by atoms with Crippen molar-refractivity contribution in [2.75, 3.05) is 6.54 Å². The van der Waals surface area contributed by atoms with Gasteiger partial charge in [0.2, 0.25) is 0 Å². The van der Waals surface area contributed by atoms with Gasteiger partial charge in [-0.1, -0.05) is 60.7 Å². The Labute approximate surface area is 211 Å². The van der Waals surface area contributed by atoms with Crippen molar-refractivity contribution in [3.05, 3.63) is 102 Å². The zero-order chi connectivity index (χ0) is 26.1. The van der Waals surface area contributed by atoms with E-state index in [2.05, 4.69) is 12.2 Å². The van der Waals surface area contributed by atoms with E-state index in [0.29, 0.717) is 11.9 Å². The highest BCUT2D eigenvalue weighted by Gasteiger charge is 2.12. The maximum Gasteiger partial charge on any atom is 0.295 e. The Kier molecular flexibility index (Phi) is 9.44. The lowest BCUT2D eigenvalue weighted by Crippen LogP contribution is -2.30. The molecule has 0 spiro atoms. The second-order valence-electron chi connectivity index (χ2n) is 8.57. The summed E-state index contributed by atoms with van der Waals surface area (Å²) >= 11 is 0. The number of hydrogen-bond donors (Lipinski definition) is 5. The molecular weight excluding hydrogens is 478 g/mol. The quantitative estimate of drug-likeness (QED) is 0.215. The van der Waals surface area contributed by atoms with Crippen LogP contribution in [0.25, 0.3) is 10.8 Å². The number of fused-ring (bicyclic) bond motifs is 1. The third kappa shape index (κ3) is 8.07. The van der Waals surface area contributed by atoms with Crippen LogP contribution in [0.5, 0.6) is 11.5 Å². The monoisotopic (exact) mass is 509 g/mol. The molecule has 36 heavy (non-hydrogen) atoms. The summed E-state index contributed by atoms with van der Waals surface area (Å²) in [6.07, 6.45) is 1.29. The van der Waals surface area contributed by atoms with Gasteiger partial charge < -0.3 is 20.6 Å². The molecule has 4 rings (SSSR count). The van der Waals surface area contributed by atoms with Crippen LogP contribution in [-0.2, 0) is 16.5 Å². The predicted molar refractivity (Wildman–Crippen MR) is 141 cm³/mol. The second kappa shape index (κ2) is 12.5. The summed E-state index contributed by atoms with van der Waals surface area (Å²) in [5, 5.41) is 33.2. The van der Waals surface area contributed by atoms with E-state index in [1.807, 2.05) is 18.2 Å². The van der Waals surface area contributed by atoms with Gasteiger partial charge in [-0.2, -0.15) is 8.42 Å². The number of hydrogen-bond acceptors (Lipinski definition) is 6. The van der Waals surface area contributed by atoms with Gasteiger partial charge in [0.1, 0.15) is 16.4 Å². The minimum Gasteiger partial charge on any atom is -0.508 e. The molecule has 0 aliphatic carbocycles. The topological polar surface area (TPSA) is 127 Å². The average Bonchev–Trinajstić information content (AvgIpc) is 2.87. The highest BCUT2D eigenvalue weighted by molar-refractivity contribution is 7.86. The van der Waals surface area contributed by atoms with Crippen LogP contribution in [0, 0.1) is 0 Å². The molecule has 0 saturated heterocycles. The summed E-state index contributed by atoms with van der Waals surface area (Å²) in [5.74, 6) is 0.484. The van der Waals surface area contributed by atoms with Crippen LogP contribution < -0.4 is 5.32 Å². The molecule has 5 N–H and O–H groups in total. The first-order chi connectivity index (χ1) is 17.1. The average molecular weight is 510 g/mol. The van der Waals surface area contributed by atoms with Crippen molar-refractivity contribution in [2.24, 2.45) is 0 Å². The van der Waals surface area contributed by atoms with E-state index in [-0.39, 0.29) is 22.4 Å². The third-order valence-corrected chi connectivity index (χ3v) is 6.68. The van der Waals surface area contributed by atoms with Gasteiger partial charge in [0.15, 0.2) is 0 Å². The highest BCUT2D eigenvalue weighted by atomic mass is 32.2. The van der Waals surface area contributed by atoms with E-state index in [9.17, 15) is 23.7 Å². The summed E-state index contributed by atoms with van der Waals surface area (Å²) in [5.41, 5.74) is 1.97. The normalized spacial score (nSPS) is 13.0. The first-order valence-electron chi connectivity index (χ1n) is 11.6. The summed E-state index contributed by atoms with van der Waals surface area (Å²) in [7, 11) is -4.13. The Balaban J connectivity index is 0.000000221. The molecule has 0 amide bonds. The Morgan fingerprint density at radius 1 is 0.806 bits per heavy atom. The fraction of sp³-hybridized carbons (Fsp3) is 0.214. The number of phenols is 2. The number of benzene rings is 4. The van der Waals surface area contributed by atoms with E-state index in [1.165, 1.54) is 11.6 Å². The molecule has 0 bridgehead atoms. The number of phenolic OH excluding ortho intramolecular Hbond substituents is 2. The smallest absolute Gasteiger partial charge is 0.295 e. The van der Waals surface area contributed by atoms with Crippen molar-refractivity contribution in [3.8, 4) is 11.5 Å². The third-order valence-electron chi connectivity index (χ3n) is 5.77. The maximum atomic E-state index is 11.0. The molecule has 0 heterocycles. The van der Waals surface area contributed by atoms with Crippen LogP contribution in [0.3, 0.4) is 0 Å². The lowest BCUT2D eigenvalue weighted by Gasteiger charge is -2.17. The first-order valence-corrected chi connectivity index (χ1v) is 13.0. The molecule has 0 unspecified atom stereocenters. The molecule has 0 radical (unpaired) electrons. The van der Waals surface area contributed by atoms with Crippen molar-refractivity contribution >= 4 is 20.9 Å². The Morgan fingerprint density at radius 2 is 1.39 bits per heavy atom. The van der Waals surface area contributed by atoms with Gasteiger partial charge in [-0.15, -0.1) is 0 Å². The zero-order valence-corrected chi connectivity index (χ0v) is 20.8. The zero-order valence-electron chi connectivity index (χ0n) is 19.9. The molecule has 8 heteroatoms.